The smallest absolute Gasteiger partial charge is 0.142 e. The average molecular weight is 514 g/mol. The van der Waals surface area contributed by atoms with Crippen molar-refractivity contribution in [1.82, 2.24) is 4.98 Å². The zero-order valence-electron chi connectivity index (χ0n) is 22.3. The van der Waals surface area contributed by atoms with Gasteiger partial charge in [-0.15, -0.1) is 0 Å². The second-order valence-electron chi connectivity index (χ2n) is 10.3. The van der Waals surface area contributed by atoms with E-state index >= 15 is 0 Å². The summed E-state index contributed by atoms with van der Waals surface area (Å²) in [5.74, 6) is 1.02. The zero-order chi connectivity index (χ0) is 27.2. The highest BCUT2D eigenvalue weighted by atomic mass is 15.3. The van der Waals surface area contributed by atoms with Gasteiger partial charge in [-0.25, -0.2) is 4.99 Å². The fraction of sp³-hybridized carbons (Fsp3) is 0.0811. The maximum Gasteiger partial charge on any atom is 0.142 e. The quantitative estimate of drug-likeness (QED) is 0.330. The van der Waals surface area contributed by atoms with Crippen LogP contribution >= 0.6 is 0 Å². The third kappa shape index (κ3) is 3.69. The molecule has 1 fully saturated rings. The predicted octanol–water partition coefficient (Wildman–Crippen LogP) is 8.14. The van der Waals surface area contributed by atoms with Crippen LogP contribution in [0, 0.1) is 0 Å². The van der Waals surface area contributed by atoms with Crippen molar-refractivity contribution in [2.24, 2.45) is 4.99 Å². The van der Waals surface area contributed by atoms with Crippen molar-refractivity contribution in [2.45, 2.75) is 18.9 Å². The number of fused-ring (bicyclic) bond motifs is 5. The maximum absolute atomic E-state index is 5.40. The summed E-state index contributed by atoms with van der Waals surface area (Å²) >= 11 is 0. The number of amidine groups is 1. The molecule has 1 aromatic heterocycles. The highest BCUT2D eigenvalue weighted by Crippen LogP contribution is 2.53. The lowest BCUT2D eigenvalue weighted by Crippen LogP contribution is -2.40. The molecule has 0 N–H and O–H groups in total. The summed E-state index contributed by atoms with van der Waals surface area (Å²) in [6.45, 7) is 10.9. The molecule has 2 unspecified atom stereocenters. The number of allylic oxidation sites excluding steroid dienone is 6. The van der Waals surface area contributed by atoms with Gasteiger partial charge in [-0.1, -0.05) is 97.4 Å². The van der Waals surface area contributed by atoms with Gasteiger partial charge in [-0.05, 0) is 59.1 Å². The van der Waals surface area contributed by atoms with E-state index in [-0.39, 0.29) is 12.0 Å². The number of rotatable bonds is 4. The number of aromatic nitrogens is 1. The van der Waals surface area contributed by atoms with Gasteiger partial charge in [0.2, 0.25) is 0 Å². The van der Waals surface area contributed by atoms with E-state index in [0.717, 1.165) is 50.5 Å². The van der Waals surface area contributed by atoms with Crippen molar-refractivity contribution in [3.8, 4) is 0 Å². The molecule has 3 aromatic rings. The molecule has 7 rings (SSSR count). The Morgan fingerprint density at radius 3 is 2.55 bits per heavy atom. The van der Waals surface area contributed by atoms with Gasteiger partial charge in [-0.3, -0.25) is 4.98 Å². The van der Waals surface area contributed by atoms with E-state index in [4.69, 9.17) is 4.99 Å². The van der Waals surface area contributed by atoms with Crippen LogP contribution in [0.1, 0.15) is 29.5 Å². The average Bonchev–Trinajstić information content (AvgIpc) is 3.28. The first-order valence-electron chi connectivity index (χ1n) is 13.5. The summed E-state index contributed by atoms with van der Waals surface area (Å²) in [6.07, 6.45) is 14.5. The lowest BCUT2D eigenvalue weighted by molar-refractivity contribution is 0.728. The van der Waals surface area contributed by atoms with Gasteiger partial charge in [0.1, 0.15) is 5.84 Å². The minimum Gasteiger partial charge on any atom is -0.317 e. The topological polar surface area (TPSA) is 28.5 Å². The van der Waals surface area contributed by atoms with Gasteiger partial charge in [-0.2, -0.15) is 0 Å². The van der Waals surface area contributed by atoms with Crippen LogP contribution in [0.5, 0.6) is 0 Å². The van der Waals surface area contributed by atoms with Crippen molar-refractivity contribution in [3.63, 3.8) is 0 Å². The SMILES string of the molecule is C=C(C)/C(=C1/C2=CC=C=C=C2C2=CC=CC3c4ccccc4N(/C1=N/C(=C)c1ccccc1)C23)c1cccnc1. The second-order valence-corrected chi connectivity index (χ2v) is 10.3. The fourth-order valence-corrected chi connectivity index (χ4v) is 6.23. The van der Waals surface area contributed by atoms with Gasteiger partial charge in [0.25, 0.3) is 0 Å². The van der Waals surface area contributed by atoms with Crippen LogP contribution < -0.4 is 4.90 Å². The molecule has 2 aromatic carbocycles. The molecule has 0 bridgehead atoms. The molecule has 190 valence electrons. The van der Waals surface area contributed by atoms with Crippen molar-refractivity contribution in [3.05, 3.63) is 179 Å². The van der Waals surface area contributed by atoms with Crippen LogP contribution in [0.25, 0.3) is 11.3 Å². The molecular weight excluding hydrogens is 486 g/mol. The molecule has 40 heavy (non-hydrogen) atoms. The zero-order valence-corrected chi connectivity index (χ0v) is 22.3. The molecule has 3 heteroatoms. The molecule has 3 nitrogen and oxygen atoms in total. The van der Waals surface area contributed by atoms with Crippen LogP contribution in [0.4, 0.5) is 5.69 Å². The van der Waals surface area contributed by atoms with Gasteiger partial charge in [0.05, 0.1) is 11.7 Å². The van der Waals surface area contributed by atoms with Crippen molar-refractivity contribution in [2.75, 3.05) is 4.90 Å². The number of anilines is 1. The summed E-state index contributed by atoms with van der Waals surface area (Å²) in [4.78, 5) is 12.3. The molecule has 1 saturated heterocycles. The largest absolute Gasteiger partial charge is 0.317 e. The molecule has 2 atom stereocenters. The number of nitrogens with zero attached hydrogens (tertiary/aromatic N) is 3. The first-order chi connectivity index (χ1) is 19.6. The highest BCUT2D eigenvalue weighted by Gasteiger charge is 2.48. The Morgan fingerprint density at radius 1 is 0.950 bits per heavy atom. The number of para-hydroxylation sites is 1. The van der Waals surface area contributed by atoms with Crippen molar-refractivity contribution >= 4 is 22.8 Å². The first-order valence-corrected chi connectivity index (χ1v) is 13.5. The predicted molar refractivity (Wildman–Crippen MR) is 165 cm³/mol. The van der Waals surface area contributed by atoms with Crippen LogP contribution in [0.15, 0.2) is 167 Å². The molecule has 0 saturated carbocycles. The van der Waals surface area contributed by atoms with Gasteiger partial charge < -0.3 is 4.90 Å². The van der Waals surface area contributed by atoms with E-state index in [0.29, 0.717) is 5.70 Å². The standard InChI is InChI=1S/C37H27N3/c1-24(2)34(27-15-12-22-38-23-27)35-30-18-8-7-16-28(30)31-19-11-20-32-29-17-9-10-21-33(29)40(36(31)32)37(35)39-25(3)26-13-5-4-6-14-26/h4-6,8-15,17-23,32,36H,1,3H2,2H3/b35-34+,39-37+. The van der Waals surface area contributed by atoms with E-state index < -0.39 is 0 Å². The molecule has 2 aliphatic heterocycles. The van der Waals surface area contributed by atoms with E-state index in [1.807, 2.05) is 36.5 Å². The summed E-state index contributed by atoms with van der Waals surface area (Å²) in [5, 5.41) is 0. The van der Waals surface area contributed by atoms with Crippen molar-refractivity contribution in [1.29, 1.82) is 0 Å². The number of benzene rings is 2. The monoisotopic (exact) mass is 513 g/mol. The van der Waals surface area contributed by atoms with E-state index in [1.54, 1.807) is 6.20 Å². The molecule has 3 heterocycles. The van der Waals surface area contributed by atoms with E-state index in [1.165, 1.54) is 11.1 Å². The van der Waals surface area contributed by atoms with Crippen LogP contribution in [0.2, 0.25) is 0 Å². The fourth-order valence-electron chi connectivity index (χ4n) is 6.23. The molecular formula is C37H27N3. The Bertz CT molecular complexity index is 1850. The van der Waals surface area contributed by atoms with E-state index in [2.05, 4.69) is 108 Å². The lowest BCUT2D eigenvalue weighted by atomic mass is 9.79. The Balaban J connectivity index is 1.62. The summed E-state index contributed by atoms with van der Waals surface area (Å²) in [7, 11) is 0. The number of hydrogen-bond donors (Lipinski definition) is 0. The Kier molecular flexibility index (Phi) is 5.68. The molecule has 4 aliphatic rings. The minimum atomic E-state index is 0.0216. The van der Waals surface area contributed by atoms with Gasteiger partial charge in [0, 0.05) is 46.3 Å². The summed E-state index contributed by atoms with van der Waals surface area (Å²) < 4.78 is 0. The third-order valence-corrected chi connectivity index (χ3v) is 7.87. The van der Waals surface area contributed by atoms with Crippen LogP contribution in [0.3, 0.4) is 0 Å². The Morgan fingerprint density at radius 2 is 1.75 bits per heavy atom. The molecule has 2 aliphatic carbocycles. The number of hydrogen-bond acceptors (Lipinski definition) is 2. The molecule has 0 spiro atoms. The van der Waals surface area contributed by atoms with Crippen LogP contribution in [-0.4, -0.2) is 16.9 Å². The third-order valence-electron chi connectivity index (χ3n) is 7.87. The normalized spacial score (nSPS) is 22.0. The molecule has 0 amide bonds. The summed E-state index contributed by atoms with van der Waals surface area (Å²) in [5.41, 5.74) is 18.0. The summed E-state index contributed by atoms with van der Waals surface area (Å²) in [6, 6.07) is 22.9. The van der Waals surface area contributed by atoms with Gasteiger partial charge in [0.15, 0.2) is 0 Å². The lowest BCUT2D eigenvalue weighted by Gasteiger charge is -2.32. The minimum absolute atomic E-state index is 0.0216. The second kappa shape index (κ2) is 9.52. The highest BCUT2D eigenvalue weighted by molar-refractivity contribution is 6.23. The van der Waals surface area contributed by atoms with E-state index in [9.17, 15) is 0 Å². The Labute approximate surface area is 234 Å². The first kappa shape index (κ1) is 23.9. The van der Waals surface area contributed by atoms with Crippen LogP contribution in [-0.2, 0) is 0 Å². The number of aliphatic imine (C=N–C) groups is 1. The van der Waals surface area contributed by atoms with Gasteiger partial charge >= 0.3 is 0 Å². The molecule has 0 radical (unpaired) electrons. The number of pyridine rings is 1. The maximum atomic E-state index is 5.40. The Hall–Kier alpha value is -5.20. The van der Waals surface area contributed by atoms with Crippen molar-refractivity contribution < 1.29 is 0 Å².